The summed E-state index contributed by atoms with van der Waals surface area (Å²) in [6, 6.07) is 12.1. The molecule has 2 heterocycles. The maximum atomic E-state index is 13.3. The van der Waals surface area contributed by atoms with Crippen LogP contribution in [0.5, 0.6) is 11.5 Å². The SMILES string of the molecule is CC(C)CN(CC1CN(C(=O)c2ccc(Cl)cc2)CCO1)C(=O)c1ccc2c(c1)OCO2. The van der Waals surface area contributed by atoms with Crippen LogP contribution >= 0.6 is 11.6 Å². The van der Waals surface area contributed by atoms with Gasteiger partial charge in [0.15, 0.2) is 11.5 Å². The number of hydrogen-bond acceptors (Lipinski definition) is 5. The van der Waals surface area contributed by atoms with Crippen molar-refractivity contribution in [2.75, 3.05) is 39.6 Å². The predicted octanol–water partition coefficient (Wildman–Crippen LogP) is 3.71. The van der Waals surface area contributed by atoms with Gasteiger partial charge in [-0.05, 0) is 48.4 Å². The molecule has 1 fully saturated rings. The van der Waals surface area contributed by atoms with Gasteiger partial charge in [-0.2, -0.15) is 0 Å². The van der Waals surface area contributed by atoms with Crippen molar-refractivity contribution in [2.24, 2.45) is 5.92 Å². The fourth-order valence-electron chi connectivity index (χ4n) is 3.93. The second kappa shape index (κ2) is 9.79. The Morgan fingerprint density at radius 2 is 1.81 bits per heavy atom. The van der Waals surface area contributed by atoms with E-state index in [0.717, 1.165) is 0 Å². The maximum Gasteiger partial charge on any atom is 0.254 e. The first-order valence-corrected chi connectivity index (χ1v) is 11.1. The number of amides is 2. The standard InChI is InChI=1S/C24H27ClN2O5/c1-16(2)12-27(24(29)18-5-8-21-22(11-18)32-15-31-21)14-20-13-26(9-10-30-20)23(28)17-3-6-19(25)7-4-17/h3-8,11,16,20H,9-10,12-15H2,1-2H3. The first-order chi connectivity index (χ1) is 15.4. The Hall–Kier alpha value is -2.77. The van der Waals surface area contributed by atoms with Gasteiger partial charge in [0.1, 0.15) is 0 Å². The van der Waals surface area contributed by atoms with Gasteiger partial charge >= 0.3 is 0 Å². The molecule has 1 saturated heterocycles. The third kappa shape index (κ3) is 5.16. The first kappa shape index (κ1) is 22.4. The lowest BCUT2D eigenvalue weighted by molar-refractivity contribution is -0.0340. The Balaban J connectivity index is 1.45. The van der Waals surface area contributed by atoms with E-state index >= 15 is 0 Å². The molecule has 0 spiro atoms. The smallest absolute Gasteiger partial charge is 0.254 e. The second-order valence-corrected chi connectivity index (χ2v) is 8.86. The van der Waals surface area contributed by atoms with Crippen molar-refractivity contribution >= 4 is 23.4 Å². The number of rotatable bonds is 6. The summed E-state index contributed by atoms with van der Waals surface area (Å²) in [6.07, 6.45) is -0.267. The molecular weight excluding hydrogens is 432 g/mol. The van der Waals surface area contributed by atoms with Crippen LogP contribution in [-0.4, -0.2) is 67.3 Å². The molecule has 4 rings (SSSR count). The third-order valence-corrected chi connectivity index (χ3v) is 5.69. The van der Waals surface area contributed by atoms with Gasteiger partial charge in [-0.1, -0.05) is 25.4 Å². The van der Waals surface area contributed by atoms with E-state index in [4.69, 9.17) is 25.8 Å². The maximum absolute atomic E-state index is 13.3. The van der Waals surface area contributed by atoms with Crippen LogP contribution in [0.3, 0.4) is 0 Å². The molecule has 0 aromatic heterocycles. The van der Waals surface area contributed by atoms with Gasteiger partial charge in [0.2, 0.25) is 6.79 Å². The minimum Gasteiger partial charge on any atom is -0.454 e. The molecule has 1 unspecified atom stereocenters. The highest BCUT2D eigenvalue weighted by molar-refractivity contribution is 6.30. The van der Waals surface area contributed by atoms with Gasteiger partial charge in [0.25, 0.3) is 11.8 Å². The largest absolute Gasteiger partial charge is 0.454 e. The van der Waals surface area contributed by atoms with Crippen molar-refractivity contribution in [1.29, 1.82) is 0 Å². The van der Waals surface area contributed by atoms with Crippen molar-refractivity contribution in [3.63, 3.8) is 0 Å². The van der Waals surface area contributed by atoms with Crippen LogP contribution in [0.4, 0.5) is 0 Å². The van der Waals surface area contributed by atoms with E-state index < -0.39 is 0 Å². The van der Waals surface area contributed by atoms with E-state index in [1.165, 1.54) is 0 Å². The average Bonchev–Trinajstić information content (AvgIpc) is 3.26. The van der Waals surface area contributed by atoms with Crippen molar-refractivity contribution in [2.45, 2.75) is 20.0 Å². The number of carbonyl (C=O) groups excluding carboxylic acids is 2. The van der Waals surface area contributed by atoms with E-state index in [9.17, 15) is 9.59 Å². The lowest BCUT2D eigenvalue weighted by Crippen LogP contribution is -2.51. The number of carbonyl (C=O) groups is 2. The number of fused-ring (bicyclic) bond motifs is 1. The van der Waals surface area contributed by atoms with Gasteiger partial charge in [-0.15, -0.1) is 0 Å². The number of ether oxygens (including phenoxy) is 3. The number of nitrogens with zero attached hydrogens (tertiary/aromatic N) is 2. The van der Waals surface area contributed by atoms with Crippen molar-refractivity contribution in [3.8, 4) is 11.5 Å². The Kier molecular flexibility index (Phi) is 6.86. The minimum absolute atomic E-state index is 0.0625. The zero-order valence-electron chi connectivity index (χ0n) is 18.3. The van der Waals surface area contributed by atoms with Gasteiger partial charge < -0.3 is 24.0 Å². The van der Waals surface area contributed by atoms with Crippen molar-refractivity contribution < 1.29 is 23.8 Å². The molecule has 0 N–H and O–H groups in total. The molecule has 170 valence electrons. The van der Waals surface area contributed by atoms with E-state index in [0.29, 0.717) is 60.4 Å². The summed E-state index contributed by atoms with van der Waals surface area (Å²) in [7, 11) is 0. The normalized spacial score (nSPS) is 17.5. The zero-order chi connectivity index (χ0) is 22.7. The molecule has 2 aliphatic heterocycles. The molecule has 2 aromatic carbocycles. The van der Waals surface area contributed by atoms with E-state index in [1.807, 2.05) is 0 Å². The van der Waals surface area contributed by atoms with Crippen LogP contribution in [0.2, 0.25) is 5.02 Å². The highest BCUT2D eigenvalue weighted by Gasteiger charge is 2.29. The molecule has 7 nitrogen and oxygen atoms in total. The predicted molar refractivity (Wildman–Crippen MR) is 120 cm³/mol. The van der Waals surface area contributed by atoms with Gasteiger partial charge in [-0.25, -0.2) is 0 Å². The Labute approximate surface area is 192 Å². The fraction of sp³-hybridized carbons (Fsp3) is 0.417. The summed E-state index contributed by atoms with van der Waals surface area (Å²) >= 11 is 5.94. The average molecular weight is 459 g/mol. The van der Waals surface area contributed by atoms with Crippen LogP contribution in [0.15, 0.2) is 42.5 Å². The molecule has 32 heavy (non-hydrogen) atoms. The van der Waals surface area contributed by atoms with Crippen LogP contribution in [0.25, 0.3) is 0 Å². The van der Waals surface area contributed by atoms with Crippen LogP contribution in [0, 0.1) is 5.92 Å². The topological polar surface area (TPSA) is 68.3 Å². The molecule has 2 aliphatic rings. The lowest BCUT2D eigenvalue weighted by atomic mass is 10.1. The van der Waals surface area contributed by atoms with E-state index in [1.54, 1.807) is 52.3 Å². The highest BCUT2D eigenvalue weighted by atomic mass is 35.5. The van der Waals surface area contributed by atoms with Gasteiger partial charge in [-0.3, -0.25) is 9.59 Å². The summed E-state index contributed by atoms with van der Waals surface area (Å²) in [5.74, 6) is 1.34. The van der Waals surface area contributed by atoms with Crippen molar-refractivity contribution in [3.05, 3.63) is 58.6 Å². The number of hydrogen-bond donors (Lipinski definition) is 0. The molecule has 2 aromatic rings. The molecule has 2 amide bonds. The first-order valence-electron chi connectivity index (χ1n) is 10.8. The summed E-state index contributed by atoms with van der Waals surface area (Å²) in [5, 5.41) is 0.591. The van der Waals surface area contributed by atoms with Crippen LogP contribution in [0.1, 0.15) is 34.6 Å². The number of morpholine rings is 1. The summed E-state index contributed by atoms with van der Waals surface area (Å²) in [6.45, 7) is 6.64. The number of benzene rings is 2. The zero-order valence-corrected chi connectivity index (χ0v) is 19.0. The molecule has 1 atom stereocenters. The molecule has 0 bridgehead atoms. The quantitative estimate of drug-likeness (QED) is 0.660. The van der Waals surface area contributed by atoms with E-state index in [2.05, 4.69) is 13.8 Å². The molecule has 8 heteroatoms. The Morgan fingerprint density at radius 3 is 2.56 bits per heavy atom. The van der Waals surface area contributed by atoms with Crippen LogP contribution in [-0.2, 0) is 4.74 Å². The third-order valence-electron chi connectivity index (χ3n) is 5.43. The lowest BCUT2D eigenvalue weighted by Gasteiger charge is -2.36. The summed E-state index contributed by atoms with van der Waals surface area (Å²) in [4.78, 5) is 29.8. The second-order valence-electron chi connectivity index (χ2n) is 8.42. The van der Waals surface area contributed by atoms with Crippen molar-refractivity contribution in [1.82, 2.24) is 9.80 Å². The molecule has 0 radical (unpaired) electrons. The molecule has 0 aliphatic carbocycles. The van der Waals surface area contributed by atoms with Gasteiger partial charge in [0.05, 0.1) is 12.7 Å². The van der Waals surface area contributed by atoms with Gasteiger partial charge in [0, 0.05) is 42.3 Å². The van der Waals surface area contributed by atoms with E-state index in [-0.39, 0.29) is 30.6 Å². The monoisotopic (exact) mass is 458 g/mol. The molecular formula is C24H27ClN2O5. The Morgan fingerprint density at radius 1 is 1.09 bits per heavy atom. The fourth-order valence-corrected chi connectivity index (χ4v) is 4.05. The summed E-state index contributed by atoms with van der Waals surface area (Å²) < 4.78 is 16.7. The molecule has 0 saturated carbocycles. The highest BCUT2D eigenvalue weighted by Crippen LogP contribution is 2.33. The minimum atomic E-state index is -0.267. The van der Waals surface area contributed by atoms with Crippen LogP contribution < -0.4 is 9.47 Å². The summed E-state index contributed by atoms with van der Waals surface area (Å²) in [5.41, 5.74) is 1.13. The Bertz CT molecular complexity index is 979. The number of halogens is 1.